The summed E-state index contributed by atoms with van der Waals surface area (Å²) in [6, 6.07) is 15.9. The van der Waals surface area contributed by atoms with E-state index in [0.717, 1.165) is 43.9 Å². The molecule has 0 radical (unpaired) electrons. The SMILES string of the molecule is COc1ccccc1C(=O)N1C[C@H]2[C@@H](c3ccccc31)[C@@H](CO)N2CC1CCOCC1. The van der Waals surface area contributed by atoms with E-state index in [2.05, 4.69) is 11.0 Å². The number of aliphatic hydroxyl groups is 1. The number of benzene rings is 2. The van der Waals surface area contributed by atoms with Crippen LogP contribution in [0.15, 0.2) is 48.5 Å². The average Bonchev–Trinajstić information content (AvgIpc) is 2.82. The highest BCUT2D eigenvalue weighted by atomic mass is 16.5. The van der Waals surface area contributed by atoms with Crippen LogP contribution in [0.4, 0.5) is 5.69 Å². The lowest BCUT2D eigenvalue weighted by molar-refractivity contribution is -0.0625. The third-order valence-electron chi connectivity index (χ3n) is 7.22. The van der Waals surface area contributed by atoms with Crippen LogP contribution in [0.3, 0.4) is 0 Å². The van der Waals surface area contributed by atoms with Gasteiger partial charge >= 0.3 is 0 Å². The number of likely N-dealkylation sites (tertiary alicyclic amines) is 1. The van der Waals surface area contributed by atoms with Gasteiger partial charge in [-0.1, -0.05) is 30.3 Å². The van der Waals surface area contributed by atoms with Crippen LogP contribution >= 0.6 is 0 Å². The molecule has 31 heavy (non-hydrogen) atoms. The van der Waals surface area contributed by atoms with E-state index in [4.69, 9.17) is 9.47 Å². The Morgan fingerprint density at radius 2 is 1.87 bits per heavy atom. The number of para-hydroxylation sites is 2. The highest BCUT2D eigenvalue weighted by Crippen LogP contribution is 2.49. The Morgan fingerprint density at radius 3 is 2.65 bits per heavy atom. The maximum Gasteiger partial charge on any atom is 0.262 e. The number of hydrogen-bond acceptors (Lipinski definition) is 5. The molecule has 1 N–H and O–H groups in total. The van der Waals surface area contributed by atoms with Crippen LogP contribution in [0.5, 0.6) is 5.75 Å². The van der Waals surface area contributed by atoms with Gasteiger partial charge in [0.15, 0.2) is 0 Å². The molecule has 2 fully saturated rings. The molecule has 1 amide bonds. The van der Waals surface area contributed by atoms with Gasteiger partial charge in [0.2, 0.25) is 0 Å². The van der Waals surface area contributed by atoms with E-state index in [0.29, 0.717) is 23.8 Å². The van der Waals surface area contributed by atoms with Crippen molar-refractivity contribution in [2.24, 2.45) is 5.92 Å². The third kappa shape index (κ3) is 3.53. The second-order valence-corrected chi connectivity index (χ2v) is 8.77. The van der Waals surface area contributed by atoms with Gasteiger partial charge in [0.1, 0.15) is 5.75 Å². The van der Waals surface area contributed by atoms with Crippen LogP contribution in [-0.2, 0) is 4.74 Å². The van der Waals surface area contributed by atoms with E-state index >= 15 is 0 Å². The van der Waals surface area contributed by atoms with E-state index in [1.807, 2.05) is 47.4 Å². The molecule has 0 bridgehead atoms. The lowest BCUT2D eigenvalue weighted by Gasteiger charge is -2.60. The molecule has 6 heteroatoms. The lowest BCUT2D eigenvalue weighted by atomic mass is 9.71. The Bertz CT molecular complexity index is 943. The Hall–Kier alpha value is -2.41. The number of hydrogen-bond donors (Lipinski definition) is 1. The molecule has 2 aromatic rings. The molecule has 0 aliphatic carbocycles. The van der Waals surface area contributed by atoms with Gasteiger partial charge in [0.25, 0.3) is 5.91 Å². The minimum absolute atomic E-state index is 0.0400. The zero-order valence-corrected chi connectivity index (χ0v) is 17.9. The third-order valence-corrected chi connectivity index (χ3v) is 7.22. The first-order chi connectivity index (χ1) is 15.2. The summed E-state index contributed by atoms with van der Waals surface area (Å²) < 4.78 is 11.0. The summed E-state index contributed by atoms with van der Waals surface area (Å²) in [5, 5.41) is 10.2. The molecule has 2 saturated heterocycles. The lowest BCUT2D eigenvalue weighted by Crippen LogP contribution is -2.70. The maximum atomic E-state index is 13.6. The number of ether oxygens (including phenoxy) is 2. The van der Waals surface area contributed by atoms with E-state index < -0.39 is 0 Å². The molecule has 3 heterocycles. The van der Waals surface area contributed by atoms with E-state index in [1.165, 1.54) is 0 Å². The van der Waals surface area contributed by atoms with Gasteiger partial charge < -0.3 is 19.5 Å². The number of amides is 1. The molecule has 0 aromatic heterocycles. The Balaban J connectivity index is 1.47. The van der Waals surface area contributed by atoms with Crippen molar-refractivity contribution in [2.45, 2.75) is 30.8 Å². The molecular weight excluding hydrogens is 392 g/mol. The number of aliphatic hydroxyl groups excluding tert-OH is 1. The Kier molecular flexibility index (Phi) is 5.69. The summed E-state index contributed by atoms with van der Waals surface area (Å²) in [5.41, 5.74) is 2.68. The van der Waals surface area contributed by atoms with Gasteiger partial charge in [-0.25, -0.2) is 0 Å². The van der Waals surface area contributed by atoms with Crippen molar-refractivity contribution in [2.75, 3.05) is 44.9 Å². The van der Waals surface area contributed by atoms with E-state index in [1.54, 1.807) is 7.11 Å². The summed E-state index contributed by atoms with van der Waals surface area (Å²) in [6.07, 6.45) is 2.12. The monoisotopic (exact) mass is 422 g/mol. The van der Waals surface area contributed by atoms with Crippen molar-refractivity contribution in [3.05, 3.63) is 59.7 Å². The summed E-state index contributed by atoms with van der Waals surface area (Å²) in [6.45, 7) is 3.35. The largest absolute Gasteiger partial charge is 0.496 e. The smallest absolute Gasteiger partial charge is 0.262 e. The number of fused-ring (bicyclic) bond motifs is 3. The standard InChI is InChI=1S/C25H30N2O4/c1-30-23-9-5-3-7-19(23)25(29)27-15-21-24(18-6-2-4-8-20(18)27)22(16-28)26(21)14-17-10-12-31-13-11-17/h2-9,17,21-22,24,28H,10-16H2,1H3/t21-,22+,24+/m0/s1. The number of carbonyl (C=O) groups excluding carboxylic acids is 1. The number of rotatable bonds is 5. The van der Waals surface area contributed by atoms with Crippen molar-refractivity contribution in [1.29, 1.82) is 0 Å². The fourth-order valence-electron chi connectivity index (χ4n) is 5.62. The summed E-state index contributed by atoms with van der Waals surface area (Å²) in [7, 11) is 1.60. The van der Waals surface area contributed by atoms with Gasteiger partial charge in [-0.3, -0.25) is 9.69 Å². The van der Waals surface area contributed by atoms with Crippen LogP contribution < -0.4 is 9.64 Å². The van der Waals surface area contributed by atoms with Crippen molar-refractivity contribution >= 4 is 11.6 Å². The zero-order chi connectivity index (χ0) is 21.4. The Labute approximate surface area is 183 Å². The highest BCUT2D eigenvalue weighted by Gasteiger charge is 2.53. The topological polar surface area (TPSA) is 62.2 Å². The summed E-state index contributed by atoms with van der Waals surface area (Å²) >= 11 is 0. The first-order valence-corrected chi connectivity index (χ1v) is 11.2. The second kappa shape index (κ2) is 8.61. The van der Waals surface area contributed by atoms with Gasteiger partial charge in [-0.2, -0.15) is 0 Å². The average molecular weight is 423 g/mol. The van der Waals surface area contributed by atoms with Crippen molar-refractivity contribution in [3.8, 4) is 5.75 Å². The molecule has 6 nitrogen and oxygen atoms in total. The van der Waals surface area contributed by atoms with Crippen molar-refractivity contribution in [1.82, 2.24) is 4.90 Å². The molecule has 0 unspecified atom stereocenters. The van der Waals surface area contributed by atoms with Gasteiger partial charge in [0.05, 0.1) is 19.3 Å². The van der Waals surface area contributed by atoms with Gasteiger partial charge in [-0.15, -0.1) is 0 Å². The van der Waals surface area contributed by atoms with Crippen molar-refractivity contribution < 1.29 is 19.4 Å². The van der Waals surface area contributed by atoms with Crippen LogP contribution in [0.1, 0.15) is 34.7 Å². The van der Waals surface area contributed by atoms with Gasteiger partial charge in [-0.05, 0) is 42.5 Å². The molecule has 164 valence electrons. The van der Waals surface area contributed by atoms with E-state index in [-0.39, 0.29) is 30.5 Å². The fraction of sp³-hybridized carbons (Fsp3) is 0.480. The minimum atomic E-state index is -0.0400. The molecule has 3 aliphatic rings. The van der Waals surface area contributed by atoms with Crippen LogP contribution in [0.25, 0.3) is 0 Å². The molecular formula is C25H30N2O4. The molecule has 2 aromatic carbocycles. The van der Waals surface area contributed by atoms with Crippen LogP contribution in [0, 0.1) is 5.92 Å². The summed E-state index contributed by atoms with van der Waals surface area (Å²) in [4.78, 5) is 18.0. The molecule has 5 rings (SSSR count). The minimum Gasteiger partial charge on any atom is -0.496 e. The maximum absolute atomic E-state index is 13.6. The molecule has 3 atom stereocenters. The van der Waals surface area contributed by atoms with Crippen LogP contribution in [-0.4, -0.2) is 68.0 Å². The predicted octanol–water partition coefficient (Wildman–Crippen LogP) is 2.91. The first kappa shape index (κ1) is 20.5. The van der Waals surface area contributed by atoms with E-state index in [9.17, 15) is 9.90 Å². The zero-order valence-electron chi connectivity index (χ0n) is 17.9. The fourth-order valence-corrected chi connectivity index (χ4v) is 5.62. The Morgan fingerprint density at radius 1 is 1.13 bits per heavy atom. The second-order valence-electron chi connectivity index (χ2n) is 8.77. The normalized spacial score (nSPS) is 26.0. The van der Waals surface area contributed by atoms with Gasteiger partial charge in [0, 0.05) is 50.0 Å². The molecule has 3 aliphatic heterocycles. The summed E-state index contributed by atoms with van der Waals surface area (Å²) in [5.74, 6) is 1.39. The quantitative estimate of drug-likeness (QED) is 0.803. The number of methoxy groups -OCH3 is 1. The number of carbonyl (C=O) groups is 1. The predicted molar refractivity (Wildman–Crippen MR) is 119 cm³/mol. The molecule has 0 saturated carbocycles. The molecule has 0 spiro atoms. The highest BCUT2D eigenvalue weighted by molar-refractivity contribution is 6.08. The number of nitrogens with zero attached hydrogens (tertiary/aromatic N) is 2. The van der Waals surface area contributed by atoms with Crippen LogP contribution in [0.2, 0.25) is 0 Å². The number of anilines is 1. The first-order valence-electron chi connectivity index (χ1n) is 11.2. The van der Waals surface area contributed by atoms with Crippen molar-refractivity contribution in [3.63, 3.8) is 0 Å².